The van der Waals surface area contributed by atoms with E-state index < -0.39 is 6.36 Å². The summed E-state index contributed by atoms with van der Waals surface area (Å²) >= 11 is 0. The monoisotopic (exact) mass is 377 g/mol. The predicted octanol–water partition coefficient (Wildman–Crippen LogP) is 3.68. The lowest BCUT2D eigenvalue weighted by atomic mass is 10.1. The minimum Gasteiger partial charge on any atom is -0.406 e. The maximum Gasteiger partial charge on any atom is 0.573 e. The average molecular weight is 378 g/mol. The Morgan fingerprint density at radius 1 is 1.20 bits per heavy atom. The van der Waals surface area contributed by atoms with Crippen molar-refractivity contribution in [3.8, 4) is 16.9 Å². The molecule has 1 aliphatic heterocycles. The Morgan fingerprint density at radius 2 is 1.92 bits per heavy atom. The summed E-state index contributed by atoms with van der Waals surface area (Å²) < 4.78 is 48.6. The van der Waals surface area contributed by atoms with Crippen molar-refractivity contribution >= 4 is 12.4 Å². The van der Waals surface area contributed by atoms with E-state index in [-0.39, 0.29) is 30.7 Å². The maximum absolute atomic E-state index is 12.5. The van der Waals surface area contributed by atoms with Crippen molar-refractivity contribution in [1.29, 1.82) is 0 Å². The molecule has 9 heteroatoms. The van der Waals surface area contributed by atoms with E-state index in [1.807, 2.05) is 10.9 Å². The van der Waals surface area contributed by atoms with Gasteiger partial charge < -0.3 is 15.2 Å². The van der Waals surface area contributed by atoms with Crippen molar-refractivity contribution in [2.24, 2.45) is 5.73 Å². The van der Waals surface area contributed by atoms with Crippen LogP contribution in [0.3, 0.4) is 0 Å². The molecule has 2 heterocycles. The molecule has 0 unspecified atom stereocenters. The quantitative estimate of drug-likeness (QED) is 0.882. The van der Waals surface area contributed by atoms with Crippen molar-refractivity contribution in [3.05, 3.63) is 36.2 Å². The van der Waals surface area contributed by atoms with Gasteiger partial charge in [-0.2, -0.15) is 5.10 Å². The zero-order valence-corrected chi connectivity index (χ0v) is 14.1. The number of hydrogen-bond donors (Lipinski definition) is 1. The Kier molecular flexibility index (Phi) is 6.31. The molecule has 1 aromatic heterocycles. The molecular formula is C16H19ClF3N3O2. The first kappa shape index (κ1) is 19.6. The van der Waals surface area contributed by atoms with E-state index in [2.05, 4.69) is 9.84 Å². The van der Waals surface area contributed by atoms with Crippen LogP contribution >= 0.6 is 12.4 Å². The van der Waals surface area contributed by atoms with Crippen molar-refractivity contribution in [1.82, 2.24) is 9.78 Å². The highest BCUT2D eigenvalue weighted by molar-refractivity contribution is 5.85. The lowest BCUT2D eigenvalue weighted by Crippen LogP contribution is -2.19. The Labute approximate surface area is 149 Å². The van der Waals surface area contributed by atoms with E-state index in [1.54, 1.807) is 12.3 Å². The number of halogens is 4. The summed E-state index contributed by atoms with van der Waals surface area (Å²) in [6, 6.07) is 4.63. The number of aromatic nitrogens is 2. The highest BCUT2D eigenvalue weighted by Gasteiger charge is 2.31. The third kappa shape index (κ3) is 5.10. The largest absolute Gasteiger partial charge is 0.573 e. The summed E-state index contributed by atoms with van der Waals surface area (Å²) in [6.07, 6.45) is 0.473. The molecule has 0 aliphatic carbocycles. The summed E-state index contributed by atoms with van der Waals surface area (Å²) in [4.78, 5) is 0. The van der Waals surface area contributed by atoms with Crippen LogP contribution in [-0.2, 0) is 11.3 Å². The van der Waals surface area contributed by atoms with E-state index in [1.165, 1.54) is 12.1 Å². The minimum atomic E-state index is -4.74. The first-order chi connectivity index (χ1) is 11.4. The van der Waals surface area contributed by atoms with Crippen molar-refractivity contribution in [2.75, 3.05) is 13.2 Å². The van der Waals surface area contributed by atoms with Crippen molar-refractivity contribution in [2.45, 2.75) is 31.8 Å². The molecule has 0 bridgehead atoms. The number of nitrogens with two attached hydrogens (primary N) is 1. The van der Waals surface area contributed by atoms with Gasteiger partial charge in [0, 0.05) is 31.5 Å². The molecule has 3 rings (SSSR count). The topological polar surface area (TPSA) is 62.3 Å². The van der Waals surface area contributed by atoms with Crippen LogP contribution in [0.4, 0.5) is 13.2 Å². The lowest BCUT2D eigenvalue weighted by molar-refractivity contribution is -0.274. The van der Waals surface area contributed by atoms with Crippen molar-refractivity contribution in [3.63, 3.8) is 0 Å². The molecule has 1 saturated heterocycles. The molecule has 2 aromatic rings. The molecule has 0 spiro atoms. The smallest absolute Gasteiger partial charge is 0.406 e. The van der Waals surface area contributed by atoms with Gasteiger partial charge in [0.05, 0.1) is 12.2 Å². The molecule has 0 saturated carbocycles. The first-order valence-corrected chi connectivity index (χ1v) is 7.66. The molecule has 5 nitrogen and oxygen atoms in total. The Hall–Kier alpha value is -1.77. The van der Waals surface area contributed by atoms with Gasteiger partial charge in [-0.1, -0.05) is 0 Å². The van der Waals surface area contributed by atoms with E-state index in [9.17, 15) is 13.2 Å². The molecule has 2 N–H and O–H groups in total. The van der Waals surface area contributed by atoms with E-state index >= 15 is 0 Å². The highest BCUT2D eigenvalue weighted by Crippen LogP contribution is 2.31. The second-order valence-corrected chi connectivity index (χ2v) is 5.67. The van der Waals surface area contributed by atoms with Crippen LogP contribution in [0.25, 0.3) is 11.1 Å². The summed E-state index contributed by atoms with van der Waals surface area (Å²) in [5, 5.41) is 4.34. The molecular weight excluding hydrogens is 359 g/mol. The molecule has 0 radical (unpaired) electrons. The molecule has 138 valence electrons. The van der Waals surface area contributed by atoms with Gasteiger partial charge in [-0.15, -0.1) is 25.6 Å². The highest BCUT2D eigenvalue weighted by atomic mass is 35.5. The van der Waals surface area contributed by atoms with Crippen LogP contribution in [0.5, 0.6) is 5.75 Å². The maximum atomic E-state index is 12.5. The fourth-order valence-electron chi connectivity index (χ4n) is 2.77. The standard InChI is InChI=1S/C16H18F3N3O2.ClH/c17-16(18,19)24-15-6-11(8-20)5-12(7-15)13-9-21-22(10-13)14-1-3-23-4-2-14;/h5-7,9-10,14H,1-4,8,20H2;1H. The van der Waals surface area contributed by atoms with E-state index in [0.717, 1.165) is 18.4 Å². The second-order valence-electron chi connectivity index (χ2n) is 5.67. The van der Waals surface area contributed by atoms with Crippen LogP contribution in [0.15, 0.2) is 30.6 Å². The van der Waals surface area contributed by atoms with Gasteiger partial charge >= 0.3 is 6.36 Å². The zero-order chi connectivity index (χ0) is 17.2. The first-order valence-electron chi connectivity index (χ1n) is 7.66. The van der Waals surface area contributed by atoms with E-state index in [4.69, 9.17) is 10.5 Å². The van der Waals surface area contributed by atoms with Crippen LogP contribution in [-0.4, -0.2) is 29.4 Å². The van der Waals surface area contributed by atoms with Crippen LogP contribution in [0.2, 0.25) is 0 Å². The Balaban J connectivity index is 0.00000225. The molecule has 1 aliphatic rings. The summed E-state index contributed by atoms with van der Waals surface area (Å²) in [7, 11) is 0. The minimum absolute atomic E-state index is 0. The number of nitrogens with zero attached hydrogens (tertiary/aromatic N) is 2. The molecule has 0 amide bonds. The van der Waals surface area contributed by atoms with Gasteiger partial charge in [-0.3, -0.25) is 4.68 Å². The number of alkyl halides is 3. The lowest BCUT2D eigenvalue weighted by Gasteiger charge is -2.22. The fraction of sp³-hybridized carbons (Fsp3) is 0.438. The number of ether oxygens (including phenoxy) is 2. The molecule has 0 atom stereocenters. The fourth-order valence-corrected chi connectivity index (χ4v) is 2.77. The van der Waals surface area contributed by atoms with Gasteiger partial charge in [-0.25, -0.2) is 0 Å². The second kappa shape index (κ2) is 8.07. The molecule has 25 heavy (non-hydrogen) atoms. The summed E-state index contributed by atoms with van der Waals surface area (Å²) in [6.45, 7) is 1.49. The van der Waals surface area contributed by atoms with E-state index in [0.29, 0.717) is 24.3 Å². The van der Waals surface area contributed by atoms with Crippen LogP contribution < -0.4 is 10.5 Å². The number of hydrogen-bond acceptors (Lipinski definition) is 4. The third-order valence-electron chi connectivity index (χ3n) is 3.94. The van der Waals surface area contributed by atoms with Gasteiger partial charge in [-0.05, 0) is 42.2 Å². The van der Waals surface area contributed by atoms with Gasteiger partial charge in [0.1, 0.15) is 5.75 Å². The zero-order valence-electron chi connectivity index (χ0n) is 13.3. The van der Waals surface area contributed by atoms with Crippen LogP contribution in [0.1, 0.15) is 24.4 Å². The average Bonchev–Trinajstić information content (AvgIpc) is 3.04. The van der Waals surface area contributed by atoms with Gasteiger partial charge in [0.25, 0.3) is 0 Å². The Morgan fingerprint density at radius 3 is 2.56 bits per heavy atom. The van der Waals surface area contributed by atoms with Crippen molar-refractivity contribution < 1.29 is 22.6 Å². The third-order valence-corrected chi connectivity index (χ3v) is 3.94. The van der Waals surface area contributed by atoms with Gasteiger partial charge in [0.15, 0.2) is 0 Å². The normalized spacial score (nSPS) is 15.7. The molecule has 1 fully saturated rings. The summed E-state index contributed by atoms with van der Waals surface area (Å²) in [5.74, 6) is -0.278. The Bertz CT molecular complexity index is 700. The number of rotatable bonds is 4. The molecule has 1 aromatic carbocycles. The predicted molar refractivity (Wildman–Crippen MR) is 88.6 cm³/mol. The SMILES string of the molecule is Cl.NCc1cc(OC(F)(F)F)cc(-c2cnn(C3CCOCC3)c2)c1. The summed E-state index contributed by atoms with van der Waals surface area (Å²) in [5.41, 5.74) is 7.46. The number of benzene rings is 1. The van der Waals surface area contributed by atoms with Crippen LogP contribution in [0, 0.1) is 0 Å². The van der Waals surface area contributed by atoms with Gasteiger partial charge in [0.2, 0.25) is 0 Å².